The summed E-state index contributed by atoms with van der Waals surface area (Å²) in [6.45, 7) is 1.96. The fourth-order valence-electron chi connectivity index (χ4n) is 4.42. The molecule has 1 amide bonds. The zero-order valence-corrected chi connectivity index (χ0v) is 18.7. The van der Waals surface area contributed by atoms with Gasteiger partial charge in [-0.2, -0.15) is 5.26 Å². The van der Waals surface area contributed by atoms with Crippen molar-refractivity contribution >= 4 is 32.8 Å². The number of H-pyrrole nitrogens is 1. The average molecular weight is 466 g/mol. The maximum atomic E-state index is 13.3. The van der Waals surface area contributed by atoms with Gasteiger partial charge in [0.1, 0.15) is 17.8 Å². The van der Waals surface area contributed by atoms with Crippen molar-refractivity contribution in [3.8, 4) is 6.07 Å². The molecule has 0 unspecified atom stereocenters. The minimum atomic E-state index is -3.71. The fourth-order valence-corrected chi connectivity index (χ4v) is 5.45. The van der Waals surface area contributed by atoms with Crippen LogP contribution in [0.15, 0.2) is 47.8 Å². The number of sulfonamides is 1. The van der Waals surface area contributed by atoms with Crippen molar-refractivity contribution in [1.82, 2.24) is 24.6 Å². The Hall–Kier alpha value is -3.49. The van der Waals surface area contributed by atoms with Crippen molar-refractivity contribution in [3.63, 3.8) is 0 Å². The molecule has 33 heavy (non-hydrogen) atoms. The molecule has 2 aliphatic rings. The van der Waals surface area contributed by atoms with Gasteiger partial charge in [-0.05, 0) is 43.2 Å². The molecule has 1 aliphatic heterocycles. The minimum absolute atomic E-state index is 0.0493. The van der Waals surface area contributed by atoms with Crippen LogP contribution in [0.5, 0.6) is 0 Å². The van der Waals surface area contributed by atoms with Gasteiger partial charge in [0.15, 0.2) is 0 Å². The van der Waals surface area contributed by atoms with E-state index < -0.39 is 10.0 Å². The lowest BCUT2D eigenvalue weighted by Crippen LogP contribution is -2.57. The number of hydrogen-bond donors (Lipinski definition) is 2. The number of nitriles is 1. The number of amides is 1. The zero-order valence-electron chi connectivity index (χ0n) is 17.9. The van der Waals surface area contributed by atoms with Crippen LogP contribution in [0, 0.1) is 11.3 Å². The number of benzene rings is 1. The molecule has 0 bridgehead atoms. The first-order valence-electron chi connectivity index (χ1n) is 10.8. The number of aromatic amines is 1. The first-order valence-corrected chi connectivity index (χ1v) is 12.2. The molecule has 1 spiro atoms. The van der Waals surface area contributed by atoms with Crippen molar-refractivity contribution in [2.24, 2.45) is 0 Å². The maximum Gasteiger partial charge on any atom is 0.254 e. The highest BCUT2D eigenvalue weighted by atomic mass is 32.2. The summed E-state index contributed by atoms with van der Waals surface area (Å²) in [5.41, 5.74) is 1.02. The highest BCUT2D eigenvalue weighted by Gasteiger charge is 2.53. The number of anilines is 1. The molecule has 2 fully saturated rings. The molecule has 1 saturated carbocycles. The van der Waals surface area contributed by atoms with Crippen LogP contribution in [0.25, 0.3) is 11.0 Å². The molecule has 170 valence electrons. The van der Waals surface area contributed by atoms with Crippen molar-refractivity contribution < 1.29 is 13.2 Å². The topological polar surface area (TPSA) is 135 Å². The number of carbonyl (C=O) groups is 1. The van der Waals surface area contributed by atoms with E-state index in [0.29, 0.717) is 25.2 Å². The second kappa shape index (κ2) is 8.13. The van der Waals surface area contributed by atoms with E-state index in [1.165, 1.54) is 12.1 Å². The van der Waals surface area contributed by atoms with Crippen LogP contribution < -0.4 is 9.62 Å². The number of rotatable bonds is 6. The number of aromatic nitrogens is 3. The lowest BCUT2D eigenvalue weighted by Gasteiger charge is -2.42. The quantitative estimate of drug-likeness (QED) is 0.528. The molecule has 1 saturated heterocycles. The normalized spacial score (nSPS) is 17.3. The molecule has 2 aromatic heterocycles. The summed E-state index contributed by atoms with van der Waals surface area (Å²) in [5, 5.41) is 9.55. The van der Waals surface area contributed by atoms with Crippen LogP contribution >= 0.6 is 0 Å². The van der Waals surface area contributed by atoms with Gasteiger partial charge >= 0.3 is 0 Å². The third kappa shape index (κ3) is 3.92. The highest BCUT2D eigenvalue weighted by molar-refractivity contribution is 7.89. The summed E-state index contributed by atoms with van der Waals surface area (Å²) in [6, 6.07) is 9.83. The third-order valence-corrected chi connectivity index (χ3v) is 7.77. The predicted molar refractivity (Wildman–Crippen MR) is 121 cm³/mol. The second-order valence-electron chi connectivity index (χ2n) is 8.37. The van der Waals surface area contributed by atoms with Gasteiger partial charge in [0.05, 0.1) is 21.9 Å². The number of hydrogen-bond acceptors (Lipinski definition) is 7. The van der Waals surface area contributed by atoms with Gasteiger partial charge in [-0.1, -0.05) is 0 Å². The van der Waals surface area contributed by atoms with Crippen molar-refractivity contribution in [1.29, 1.82) is 5.26 Å². The number of nitrogens with one attached hydrogen (secondary N) is 2. The summed E-state index contributed by atoms with van der Waals surface area (Å²) in [4.78, 5) is 29.4. The molecular weight excluding hydrogens is 442 g/mol. The molecule has 0 radical (unpaired) electrons. The Bertz CT molecular complexity index is 1340. The van der Waals surface area contributed by atoms with E-state index in [4.69, 9.17) is 5.26 Å². The van der Waals surface area contributed by atoms with Crippen molar-refractivity contribution in [2.45, 2.75) is 29.7 Å². The lowest BCUT2D eigenvalue weighted by molar-refractivity contribution is 0.0624. The monoisotopic (exact) mass is 465 g/mol. The fraction of sp³-hybridized carbons (Fsp3) is 0.364. The van der Waals surface area contributed by atoms with E-state index in [2.05, 4.69) is 24.6 Å². The number of piperazine rings is 1. The van der Waals surface area contributed by atoms with Crippen LogP contribution in [0.1, 0.15) is 29.6 Å². The van der Waals surface area contributed by atoms with Gasteiger partial charge in [-0.3, -0.25) is 4.79 Å². The molecule has 3 aromatic rings. The average Bonchev–Trinajstić information content (AvgIpc) is 3.40. The molecular formula is C22H23N7O3S. The summed E-state index contributed by atoms with van der Waals surface area (Å²) in [6.07, 6.45) is 5.33. The summed E-state index contributed by atoms with van der Waals surface area (Å²) < 4.78 is 27.0. The Morgan fingerprint density at radius 1 is 1.18 bits per heavy atom. The molecule has 3 heterocycles. The number of nitrogens with zero attached hydrogens (tertiary/aromatic N) is 5. The number of fused-ring (bicyclic) bond motifs is 1. The van der Waals surface area contributed by atoms with Crippen LogP contribution in [0.4, 0.5) is 5.82 Å². The van der Waals surface area contributed by atoms with E-state index in [9.17, 15) is 13.2 Å². The third-order valence-electron chi connectivity index (χ3n) is 6.30. The van der Waals surface area contributed by atoms with E-state index in [-0.39, 0.29) is 29.3 Å². The first-order chi connectivity index (χ1) is 15.9. The SMILES string of the molecule is N#CCCNS(=O)(=O)c1ccc(C(=O)N2CCN(c3ncnc4[nH]ccc34)CC23CC3)cc1. The van der Waals surface area contributed by atoms with Crippen LogP contribution in [-0.4, -0.2) is 65.9 Å². The summed E-state index contributed by atoms with van der Waals surface area (Å²) in [7, 11) is -3.71. The molecule has 11 heteroatoms. The summed E-state index contributed by atoms with van der Waals surface area (Å²) >= 11 is 0. The van der Waals surface area contributed by atoms with Gasteiger partial charge in [0.25, 0.3) is 5.91 Å². The Labute approximate surface area is 191 Å². The van der Waals surface area contributed by atoms with Gasteiger partial charge in [0.2, 0.25) is 10.0 Å². The Balaban J connectivity index is 1.31. The van der Waals surface area contributed by atoms with Crippen molar-refractivity contribution in [2.75, 3.05) is 31.1 Å². The highest BCUT2D eigenvalue weighted by Crippen LogP contribution is 2.46. The second-order valence-corrected chi connectivity index (χ2v) is 10.1. The van der Waals surface area contributed by atoms with Gasteiger partial charge < -0.3 is 14.8 Å². The van der Waals surface area contributed by atoms with E-state index in [1.807, 2.05) is 23.2 Å². The predicted octanol–water partition coefficient (Wildman–Crippen LogP) is 1.64. The van der Waals surface area contributed by atoms with E-state index in [1.54, 1.807) is 18.5 Å². The largest absolute Gasteiger partial charge is 0.352 e. The van der Waals surface area contributed by atoms with Crippen molar-refractivity contribution in [3.05, 3.63) is 48.4 Å². The zero-order chi connectivity index (χ0) is 23.1. The first kappa shape index (κ1) is 21.4. The Morgan fingerprint density at radius 3 is 2.70 bits per heavy atom. The Morgan fingerprint density at radius 2 is 1.97 bits per heavy atom. The van der Waals surface area contributed by atoms with E-state index in [0.717, 1.165) is 29.7 Å². The van der Waals surface area contributed by atoms with Gasteiger partial charge in [-0.25, -0.2) is 23.1 Å². The molecule has 1 aromatic carbocycles. The molecule has 1 aliphatic carbocycles. The maximum absolute atomic E-state index is 13.3. The molecule has 5 rings (SSSR count). The molecule has 10 nitrogen and oxygen atoms in total. The molecule has 2 N–H and O–H groups in total. The van der Waals surface area contributed by atoms with Crippen LogP contribution in [0.3, 0.4) is 0 Å². The Kier molecular flexibility index (Phi) is 5.26. The minimum Gasteiger partial charge on any atom is -0.352 e. The number of carbonyl (C=O) groups excluding carboxylic acids is 1. The summed E-state index contributed by atoms with van der Waals surface area (Å²) in [5.74, 6) is 0.779. The van der Waals surface area contributed by atoms with Crippen LogP contribution in [0.2, 0.25) is 0 Å². The standard InChI is InChI=1S/C22H23N7O3S/c23-9-1-10-27-33(31,32)17-4-2-16(3-5-17)21(30)29-13-12-28(14-22(29)7-8-22)20-18-6-11-24-19(18)25-15-26-20/h2-6,11,15,27H,1,7-8,10,12-14H2,(H,24,25,26). The van der Waals surface area contributed by atoms with Gasteiger partial charge in [0, 0.05) is 44.4 Å². The molecule has 0 atom stereocenters. The lowest BCUT2D eigenvalue weighted by atomic mass is 10.1. The van der Waals surface area contributed by atoms with Gasteiger partial charge in [-0.15, -0.1) is 0 Å². The van der Waals surface area contributed by atoms with E-state index >= 15 is 0 Å². The smallest absolute Gasteiger partial charge is 0.254 e. The van der Waals surface area contributed by atoms with Crippen LogP contribution in [-0.2, 0) is 10.0 Å².